The van der Waals surface area contributed by atoms with Crippen molar-refractivity contribution >= 4 is 11.8 Å². The van der Waals surface area contributed by atoms with Gasteiger partial charge in [0.2, 0.25) is 0 Å². The van der Waals surface area contributed by atoms with Gasteiger partial charge in [0.1, 0.15) is 11.6 Å². The molecule has 7 heteroatoms. The molecular weight excluding hydrogens is 339 g/mol. The van der Waals surface area contributed by atoms with Gasteiger partial charge in [-0.25, -0.2) is 4.39 Å². The average molecular weight is 358 g/mol. The molecule has 1 aliphatic heterocycles. The zero-order chi connectivity index (χ0) is 17.2. The largest absolute Gasteiger partial charge is 0.356 e. The monoisotopic (exact) mass is 358 g/mol. The van der Waals surface area contributed by atoms with Crippen molar-refractivity contribution in [1.82, 2.24) is 19.9 Å². The zero-order valence-electron chi connectivity index (χ0n) is 14.0. The summed E-state index contributed by atoms with van der Waals surface area (Å²) in [5, 5.41) is 13.8. The molecule has 0 unspecified atom stereocenters. The second-order valence-electron chi connectivity index (χ2n) is 6.24. The van der Waals surface area contributed by atoms with E-state index in [1.165, 1.54) is 31.4 Å². The van der Waals surface area contributed by atoms with Gasteiger partial charge in [-0.05, 0) is 44.0 Å². The van der Waals surface area contributed by atoms with E-state index in [0.717, 1.165) is 40.8 Å². The fourth-order valence-electron chi connectivity index (χ4n) is 3.07. The van der Waals surface area contributed by atoms with Crippen LogP contribution in [0.2, 0.25) is 0 Å². The summed E-state index contributed by atoms with van der Waals surface area (Å²) >= 11 is 1.64. The first-order valence-electron chi connectivity index (χ1n) is 8.48. The average Bonchev–Trinajstić information content (AvgIpc) is 3.08. The van der Waals surface area contributed by atoms with Gasteiger partial charge in [-0.15, -0.1) is 10.2 Å². The molecule has 0 aliphatic carbocycles. The van der Waals surface area contributed by atoms with Crippen LogP contribution in [0.1, 0.15) is 36.3 Å². The molecule has 1 aromatic carbocycles. The molecule has 0 saturated heterocycles. The van der Waals surface area contributed by atoms with Gasteiger partial charge >= 0.3 is 0 Å². The molecule has 3 aromatic rings. The molecule has 25 heavy (non-hydrogen) atoms. The van der Waals surface area contributed by atoms with E-state index in [0.29, 0.717) is 11.5 Å². The van der Waals surface area contributed by atoms with Crippen LogP contribution >= 0.6 is 11.8 Å². The number of fused-ring (bicyclic) bond motifs is 1. The fraction of sp³-hybridized carbons (Fsp3) is 0.389. The van der Waals surface area contributed by atoms with E-state index >= 15 is 0 Å². The van der Waals surface area contributed by atoms with Gasteiger partial charge < -0.3 is 9.09 Å². The molecule has 5 nitrogen and oxygen atoms in total. The van der Waals surface area contributed by atoms with E-state index in [4.69, 9.17) is 4.52 Å². The SMILES string of the molecule is Cc1c(CSc2nnc3n2CCCCC3)noc1-c1ccc(F)cc1. The maximum absolute atomic E-state index is 13.1. The fourth-order valence-corrected chi connectivity index (χ4v) is 4.06. The standard InChI is InChI=1S/C18H19FN4OS/c1-12-15(22-24-17(12)13-6-8-14(19)9-7-13)11-25-18-21-20-16-5-3-2-4-10-23(16)18/h6-9H,2-5,10-11H2,1H3. The molecule has 0 spiro atoms. The number of halogens is 1. The molecule has 3 heterocycles. The Balaban J connectivity index is 1.51. The van der Waals surface area contributed by atoms with Crippen molar-refractivity contribution in [3.8, 4) is 11.3 Å². The Labute approximate surface area is 149 Å². The maximum atomic E-state index is 13.1. The highest BCUT2D eigenvalue weighted by atomic mass is 32.2. The lowest BCUT2D eigenvalue weighted by atomic mass is 10.1. The van der Waals surface area contributed by atoms with Crippen LogP contribution in [0, 0.1) is 12.7 Å². The number of thioether (sulfide) groups is 1. The lowest BCUT2D eigenvalue weighted by Crippen LogP contribution is -2.02. The summed E-state index contributed by atoms with van der Waals surface area (Å²) in [7, 11) is 0. The lowest BCUT2D eigenvalue weighted by Gasteiger charge is -2.05. The number of benzene rings is 1. The van der Waals surface area contributed by atoms with Crippen molar-refractivity contribution in [2.75, 3.05) is 0 Å². The predicted molar refractivity (Wildman–Crippen MR) is 93.8 cm³/mol. The third-order valence-electron chi connectivity index (χ3n) is 4.54. The van der Waals surface area contributed by atoms with E-state index < -0.39 is 0 Å². The van der Waals surface area contributed by atoms with Crippen molar-refractivity contribution < 1.29 is 8.91 Å². The van der Waals surface area contributed by atoms with E-state index in [9.17, 15) is 4.39 Å². The molecule has 130 valence electrons. The minimum atomic E-state index is -0.260. The van der Waals surface area contributed by atoms with E-state index in [1.807, 2.05) is 6.92 Å². The minimum absolute atomic E-state index is 0.260. The van der Waals surface area contributed by atoms with Crippen LogP contribution < -0.4 is 0 Å². The third-order valence-corrected chi connectivity index (χ3v) is 5.52. The summed E-state index contributed by atoms with van der Waals surface area (Å²) in [6.07, 6.45) is 4.62. The van der Waals surface area contributed by atoms with Crippen LogP contribution in [0.25, 0.3) is 11.3 Å². The van der Waals surface area contributed by atoms with E-state index in [1.54, 1.807) is 23.9 Å². The van der Waals surface area contributed by atoms with E-state index in [2.05, 4.69) is 19.9 Å². The summed E-state index contributed by atoms with van der Waals surface area (Å²) < 4.78 is 20.8. The molecule has 0 N–H and O–H groups in total. The van der Waals surface area contributed by atoms with Crippen molar-refractivity contribution in [1.29, 1.82) is 0 Å². The Kier molecular flexibility index (Phi) is 4.57. The number of hydrogen-bond donors (Lipinski definition) is 0. The smallest absolute Gasteiger partial charge is 0.191 e. The van der Waals surface area contributed by atoms with Gasteiger partial charge in [0.05, 0.1) is 5.69 Å². The number of rotatable bonds is 4. The van der Waals surface area contributed by atoms with Crippen LogP contribution in [0.15, 0.2) is 33.9 Å². The molecule has 0 radical (unpaired) electrons. The molecular formula is C18H19FN4OS. The summed E-state index contributed by atoms with van der Waals surface area (Å²) in [5.41, 5.74) is 2.70. The second-order valence-corrected chi connectivity index (χ2v) is 7.18. The quantitative estimate of drug-likeness (QED) is 0.647. The lowest BCUT2D eigenvalue weighted by molar-refractivity contribution is 0.426. The second kappa shape index (κ2) is 7.00. The van der Waals surface area contributed by atoms with Crippen molar-refractivity contribution in [2.24, 2.45) is 0 Å². The van der Waals surface area contributed by atoms with Crippen molar-refractivity contribution in [2.45, 2.75) is 50.1 Å². The summed E-state index contributed by atoms with van der Waals surface area (Å²) in [5.74, 6) is 2.19. The van der Waals surface area contributed by atoms with Gasteiger partial charge in [-0.3, -0.25) is 0 Å². The minimum Gasteiger partial charge on any atom is -0.356 e. The van der Waals surface area contributed by atoms with Crippen LogP contribution in [-0.4, -0.2) is 19.9 Å². The van der Waals surface area contributed by atoms with Crippen LogP contribution in [0.4, 0.5) is 4.39 Å². The first kappa shape index (κ1) is 16.3. The molecule has 4 rings (SSSR count). The molecule has 0 atom stereocenters. The van der Waals surface area contributed by atoms with Gasteiger partial charge in [0.15, 0.2) is 10.9 Å². The third kappa shape index (κ3) is 3.33. The van der Waals surface area contributed by atoms with Gasteiger partial charge in [0.25, 0.3) is 0 Å². The molecule has 0 bridgehead atoms. The highest BCUT2D eigenvalue weighted by molar-refractivity contribution is 7.98. The molecule has 0 saturated carbocycles. The van der Waals surface area contributed by atoms with Crippen LogP contribution in [0.3, 0.4) is 0 Å². The first-order chi connectivity index (χ1) is 12.2. The topological polar surface area (TPSA) is 56.7 Å². The predicted octanol–water partition coefficient (Wildman–Crippen LogP) is 4.40. The van der Waals surface area contributed by atoms with Gasteiger partial charge in [0, 0.05) is 29.8 Å². The maximum Gasteiger partial charge on any atom is 0.191 e. The van der Waals surface area contributed by atoms with Crippen molar-refractivity contribution in [3.05, 3.63) is 47.2 Å². The number of aryl methyl sites for hydroxylation is 1. The number of aromatic nitrogens is 4. The Morgan fingerprint density at radius 3 is 2.84 bits per heavy atom. The molecule has 1 aliphatic rings. The van der Waals surface area contributed by atoms with Crippen LogP contribution in [-0.2, 0) is 18.7 Å². The van der Waals surface area contributed by atoms with Gasteiger partial charge in [-0.1, -0.05) is 23.3 Å². The summed E-state index contributed by atoms with van der Waals surface area (Å²) in [6, 6.07) is 6.27. The Bertz CT molecular complexity index is 872. The van der Waals surface area contributed by atoms with Gasteiger partial charge in [-0.2, -0.15) is 0 Å². The van der Waals surface area contributed by atoms with Crippen LogP contribution in [0.5, 0.6) is 0 Å². The Hall–Kier alpha value is -2.15. The van der Waals surface area contributed by atoms with E-state index in [-0.39, 0.29) is 5.82 Å². The Morgan fingerprint density at radius 1 is 1.16 bits per heavy atom. The summed E-state index contributed by atoms with van der Waals surface area (Å²) in [4.78, 5) is 0. The highest BCUT2D eigenvalue weighted by Crippen LogP contribution is 2.30. The zero-order valence-corrected chi connectivity index (χ0v) is 14.9. The Morgan fingerprint density at radius 2 is 2.00 bits per heavy atom. The molecule has 0 fully saturated rings. The number of nitrogens with zero attached hydrogens (tertiary/aromatic N) is 4. The first-order valence-corrected chi connectivity index (χ1v) is 9.47. The molecule has 0 amide bonds. The normalized spacial score (nSPS) is 14.3. The van der Waals surface area contributed by atoms with Crippen molar-refractivity contribution in [3.63, 3.8) is 0 Å². The number of hydrogen-bond acceptors (Lipinski definition) is 5. The summed E-state index contributed by atoms with van der Waals surface area (Å²) in [6.45, 7) is 2.97. The molecule has 2 aromatic heterocycles. The highest BCUT2D eigenvalue weighted by Gasteiger charge is 2.18.